The Hall–Kier alpha value is -2.12. The van der Waals surface area contributed by atoms with Crippen LogP contribution >= 0.6 is 0 Å². The number of nitrogens with one attached hydrogen (secondary N) is 1. The van der Waals surface area contributed by atoms with E-state index < -0.39 is 10.0 Å². The number of sulfonamides is 1. The molecule has 1 aromatic heterocycles. The summed E-state index contributed by atoms with van der Waals surface area (Å²) < 4.78 is 32.3. The van der Waals surface area contributed by atoms with Crippen LogP contribution in [0.1, 0.15) is 24.5 Å². The Morgan fingerprint density at radius 1 is 1.35 bits per heavy atom. The first-order chi connectivity index (χ1) is 11.0. The number of anilines is 1. The molecule has 1 aliphatic heterocycles. The van der Waals surface area contributed by atoms with Crippen LogP contribution in [0.2, 0.25) is 0 Å². The smallest absolute Gasteiger partial charge is 0.240 e. The number of carbonyl (C=O) groups is 1. The van der Waals surface area contributed by atoms with E-state index in [9.17, 15) is 13.2 Å². The second-order valence-electron chi connectivity index (χ2n) is 5.52. The highest BCUT2D eigenvalue weighted by atomic mass is 32.2. The Morgan fingerprint density at radius 2 is 2.17 bits per heavy atom. The highest BCUT2D eigenvalue weighted by Crippen LogP contribution is 2.29. The van der Waals surface area contributed by atoms with Crippen LogP contribution in [0, 0.1) is 0 Å². The number of amides is 1. The van der Waals surface area contributed by atoms with E-state index in [0.717, 1.165) is 29.7 Å². The van der Waals surface area contributed by atoms with Gasteiger partial charge in [-0.3, -0.25) is 4.79 Å². The van der Waals surface area contributed by atoms with Crippen LogP contribution < -0.4 is 9.62 Å². The van der Waals surface area contributed by atoms with Crippen LogP contribution in [-0.4, -0.2) is 20.9 Å². The van der Waals surface area contributed by atoms with Gasteiger partial charge in [0.25, 0.3) is 0 Å². The molecule has 2 heterocycles. The molecule has 0 bridgehead atoms. The van der Waals surface area contributed by atoms with Gasteiger partial charge in [-0.1, -0.05) is 0 Å². The number of nitrogens with zero attached hydrogens (tertiary/aromatic N) is 1. The lowest BCUT2D eigenvalue weighted by atomic mass is 10.0. The summed E-state index contributed by atoms with van der Waals surface area (Å²) in [6.07, 6.45) is 4.60. The molecular formula is C16H18N2O4S. The minimum absolute atomic E-state index is 0.0281. The fourth-order valence-corrected chi connectivity index (χ4v) is 3.79. The van der Waals surface area contributed by atoms with E-state index in [1.165, 1.54) is 25.5 Å². The average Bonchev–Trinajstić information content (AvgIpc) is 3.05. The van der Waals surface area contributed by atoms with Gasteiger partial charge in [-0.15, -0.1) is 0 Å². The largest absolute Gasteiger partial charge is 0.472 e. The van der Waals surface area contributed by atoms with Crippen molar-refractivity contribution in [2.75, 3.05) is 11.4 Å². The molecule has 7 heteroatoms. The third kappa shape index (κ3) is 3.30. The van der Waals surface area contributed by atoms with E-state index in [2.05, 4.69) is 4.72 Å². The van der Waals surface area contributed by atoms with Crippen molar-refractivity contribution < 1.29 is 17.6 Å². The number of carbonyl (C=O) groups excluding carboxylic acids is 1. The summed E-state index contributed by atoms with van der Waals surface area (Å²) in [6, 6.07) is 6.61. The highest BCUT2D eigenvalue weighted by molar-refractivity contribution is 7.89. The first-order valence-corrected chi connectivity index (χ1v) is 8.87. The van der Waals surface area contributed by atoms with Crippen LogP contribution in [0.3, 0.4) is 0 Å². The molecule has 1 N–H and O–H groups in total. The molecule has 0 radical (unpaired) electrons. The second-order valence-corrected chi connectivity index (χ2v) is 7.29. The molecule has 0 saturated heterocycles. The van der Waals surface area contributed by atoms with Gasteiger partial charge in [0.2, 0.25) is 15.9 Å². The number of hydrogen-bond acceptors (Lipinski definition) is 4. The van der Waals surface area contributed by atoms with Gasteiger partial charge < -0.3 is 9.32 Å². The molecule has 6 nitrogen and oxygen atoms in total. The molecule has 0 aliphatic carbocycles. The minimum Gasteiger partial charge on any atom is -0.472 e. The van der Waals surface area contributed by atoms with E-state index >= 15 is 0 Å². The molecule has 23 heavy (non-hydrogen) atoms. The van der Waals surface area contributed by atoms with Crippen LogP contribution in [0.5, 0.6) is 0 Å². The standard InChI is InChI=1S/C16H18N2O4S/c1-12(19)18-7-2-3-14-9-15(4-5-16(14)18)23(20,21)17-10-13-6-8-22-11-13/h4-6,8-9,11,17H,2-3,7,10H2,1H3. The predicted molar refractivity (Wildman–Crippen MR) is 85.5 cm³/mol. The van der Waals surface area contributed by atoms with Crippen molar-refractivity contribution in [2.45, 2.75) is 31.2 Å². The van der Waals surface area contributed by atoms with E-state index in [0.29, 0.717) is 6.54 Å². The molecule has 0 fully saturated rings. The average molecular weight is 334 g/mol. The van der Waals surface area contributed by atoms with Gasteiger partial charge in [0, 0.05) is 31.3 Å². The number of benzene rings is 1. The maximum Gasteiger partial charge on any atom is 0.240 e. The number of aryl methyl sites for hydroxylation is 1. The summed E-state index contributed by atoms with van der Waals surface area (Å²) >= 11 is 0. The zero-order chi connectivity index (χ0) is 16.4. The van der Waals surface area contributed by atoms with E-state index in [1.807, 2.05) is 0 Å². The molecule has 0 saturated carbocycles. The van der Waals surface area contributed by atoms with E-state index in [4.69, 9.17) is 4.42 Å². The number of fused-ring (bicyclic) bond motifs is 1. The summed E-state index contributed by atoms with van der Waals surface area (Å²) in [6.45, 7) is 2.37. The molecule has 0 spiro atoms. The van der Waals surface area contributed by atoms with Gasteiger partial charge >= 0.3 is 0 Å². The van der Waals surface area contributed by atoms with Gasteiger partial charge in [0.05, 0.1) is 17.4 Å². The van der Waals surface area contributed by atoms with Crippen molar-refractivity contribution in [3.8, 4) is 0 Å². The maximum absolute atomic E-state index is 12.4. The highest BCUT2D eigenvalue weighted by Gasteiger charge is 2.22. The lowest BCUT2D eigenvalue weighted by Crippen LogP contribution is -2.33. The first-order valence-electron chi connectivity index (χ1n) is 7.39. The maximum atomic E-state index is 12.4. The van der Waals surface area contributed by atoms with Crippen molar-refractivity contribution in [3.63, 3.8) is 0 Å². The lowest BCUT2D eigenvalue weighted by molar-refractivity contribution is -0.116. The van der Waals surface area contributed by atoms with Gasteiger partial charge in [-0.05, 0) is 42.7 Å². The molecule has 1 aliphatic rings. The molecule has 122 valence electrons. The van der Waals surface area contributed by atoms with Crippen molar-refractivity contribution >= 4 is 21.6 Å². The van der Waals surface area contributed by atoms with E-state index in [-0.39, 0.29) is 17.3 Å². The third-order valence-corrected chi connectivity index (χ3v) is 5.31. The SMILES string of the molecule is CC(=O)N1CCCc2cc(S(=O)(=O)NCc3ccoc3)ccc21. The van der Waals surface area contributed by atoms with Gasteiger partial charge in [-0.25, -0.2) is 13.1 Å². The fourth-order valence-electron chi connectivity index (χ4n) is 2.72. The summed E-state index contributed by atoms with van der Waals surface area (Å²) in [4.78, 5) is 13.6. The van der Waals surface area contributed by atoms with Crippen molar-refractivity contribution in [1.82, 2.24) is 4.72 Å². The van der Waals surface area contributed by atoms with Crippen LogP contribution in [0.25, 0.3) is 0 Å². The normalized spacial score (nSPS) is 14.6. The molecular weight excluding hydrogens is 316 g/mol. The molecule has 0 unspecified atom stereocenters. The number of hydrogen-bond donors (Lipinski definition) is 1. The van der Waals surface area contributed by atoms with E-state index in [1.54, 1.807) is 23.1 Å². The first kappa shape index (κ1) is 15.8. The zero-order valence-corrected chi connectivity index (χ0v) is 13.6. The Kier molecular flexibility index (Phi) is 4.23. The number of rotatable bonds is 4. The van der Waals surface area contributed by atoms with Gasteiger partial charge in [0.1, 0.15) is 0 Å². The quantitative estimate of drug-likeness (QED) is 0.928. The summed E-state index contributed by atoms with van der Waals surface area (Å²) in [5.41, 5.74) is 2.45. The van der Waals surface area contributed by atoms with Crippen molar-refractivity contribution in [1.29, 1.82) is 0 Å². The Bertz CT molecular complexity index is 813. The van der Waals surface area contributed by atoms with Crippen LogP contribution in [0.4, 0.5) is 5.69 Å². The molecule has 0 atom stereocenters. The second kappa shape index (κ2) is 6.17. The summed E-state index contributed by atoms with van der Waals surface area (Å²) in [5, 5.41) is 0. The Balaban J connectivity index is 1.84. The Morgan fingerprint density at radius 3 is 2.87 bits per heavy atom. The minimum atomic E-state index is -3.60. The molecule has 1 aromatic carbocycles. The van der Waals surface area contributed by atoms with Gasteiger partial charge in [0.15, 0.2) is 0 Å². The fraction of sp³-hybridized carbons (Fsp3) is 0.312. The van der Waals surface area contributed by atoms with Crippen LogP contribution in [-0.2, 0) is 27.8 Å². The lowest BCUT2D eigenvalue weighted by Gasteiger charge is -2.28. The molecule has 3 rings (SSSR count). The third-order valence-electron chi connectivity index (χ3n) is 3.91. The molecule has 2 aromatic rings. The number of furan rings is 1. The van der Waals surface area contributed by atoms with Gasteiger partial charge in [-0.2, -0.15) is 0 Å². The zero-order valence-electron chi connectivity index (χ0n) is 12.8. The van der Waals surface area contributed by atoms with Crippen molar-refractivity contribution in [2.24, 2.45) is 0 Å². The van der Waals surface area contributed by atoms with Crippen LogP contribution in [0.15, 0.2) is 46.1 Å². The summed E-state index contributed by atoms with van der Waals surface area (Å²) in [7, 11) is -3.60. The monoisotopic (exact) mass is 334 g/mol. The summed E-state index contributed by atoms with van der Waals surface area (Å²) in [5.74, 6) is -0.0281. The van der Waals surface area contributed by atoms with Crippen molar-refractivity contribution in [3.05, 3.63) is 47.9 Å². The Labute approximate surface area is 135 Å². The topological polar surface area (TPSA) is 79.6 Å². The predicted octanol–water partition coefficient (Wildman–Crippen LogP) is 2.06. The molecule has 1 amide bonds.